The van der Waals surface area contributed by atoms with E-state index in [1.165, 1.54) is 0 Å². The fraction of sp³-hybridized carbons (Fsp3) is 0.800. The Bertz CT molecular complexity index is 398. The van der Waals surface area contributed by atoms with E-state index in [4.69, 9.17) is 21.1 Å². The molecule has 0 aromatic carbocycles. The molecule has 1 rings (SSSR count). The van der Waals surface area contributed by atoms with E-state index in [-0.39, 0.29) is 6.04 Å². The average Bonchev–Trinajstić information content (AvgIpc) is 2.82. The zero-order valence-electron chi connectivity index (χ0n) is 13.6. The minimum absolute atomic E-state index is 0.182. The Balaban J connectivity index is 2.87. The van der Waals surface area contributed by atoms with Crippen LogP contribution in [0.5, 0.6) is 0 Å². The third-order valence-corrected chi connectivity index (χ3v) is 3.69. The molecular weight excluding hydrogens is 290 g/mol. The number of methoxy groups -OCH3 is 2. The lowest BCUT2D eigenvalue weighted by molar-refractivity contribution is 0.147. The lowest BCUT2D eigenvalue weighted by Crippen LogP contribution is -2.28. The van der Waals surface area contributed by atoms with Crippen LogP contribution in [-0.2, 0) is 16.0 Å². The molecule has 0 fully saturated rings. The van der Waals surface area contributed by atoms with Gasteiger partial charge in [0.2, 0.25) is 0 Å². The molecule has 0 bridgehead atoms. The summed E-state index contributed by atoms with van der Waals surface area (Å²) in [6.45, 7) is 7.38. The molecule has 0 saturated heterocycles. The number of hydrogen-bond donors (Lipinski definition) is 1. The van der Waals surface area contributed by atoms with Gasteiger partial charge in [-0.1, -0.05) is 25.4 Å². The number of nitrogens with one attached hydrogen (secondary N) is 1. The fourth-order valence-corrected chi connectivity index (χ4v) is 2.71. The van der Waals surface area contributed by atoms with Gasteiger partial charge in [0, 0.05) is 20.8 Å². The van der Waals surface area contributed by atoms with Crippen LogP contribution >= 0.6 is 11.6 Å². The van der Waals surface area contributed by atoms with Gasteiger partial charge in [-0.3, -0.25) is 4.68 Å². The molecule has 2 unspecified atom stereocenters. The molecule has 1 N–H and O–H groups in total. The molecule has 5 nitrogen and oxygen atoms in total. The van der Waals surface area contributed by atoms with Crippen molar-refractivity contribution in [2.24, 2.45) is 5.92 Å². The molecule has 1 aromatic rings. The predicted molar refractivity (Wildman–Crippen MR) is 85.8 cm³/mol. The Kier molecular flexibility index (Phi) is 8.92. The molecule has 0 amide bonds. The number of halogens is 1. The van der Waals surface area contributed by atoms with Crippen molar-refractivity contribution in [1.29, 1.82) is 0 Å². The molecule has 6 heteroatoms. The second-order valence-corrected chi connectivity index (χ2v) is 5.80. The quantitative estimate of drug-likeness (QED) is 0.682. The standard InChI is InChI=1S/C15H28ClN3O2/c1-5-6-17-14(9-12(2)11-21-4)15-13(16)10-18-19(15)7-8-20-3/h10,12,14,17H,5-9,11H2,1-4H3. The van der Waals surface area contributed by atoms with Gasteiger partial charge in [0.25, 0.3) is 0 Å². The van der Waals surface area contributed by atoms with Crippen LogP contribution in [0.4, 0.5) is 0 Å². The van der Waals surface area contributed by atoms with Crippen LogP contribution in [0, 0.1) is 5.92 Å². The van der Waals surface area contributed by atoms with Crippen molar-refractivity contribution in [3.8, 4) is 0 Å². The highest BCUT2D eigenvalue weighted by Crippen LogP contribution is 2.28. The van der Waals surface area contributed by atoms with Gasteiger partial charge in [0.1, 0.15) is 0 Å². The second kappa shape index (κ2) is 10.2. The molecule has 0 spiro atoms. The molecule has 1 aromatic heterocycles. The largest absolute Gasteiger partial charge is 0.384 e. The van der Waals surface area contributed by atoms with Crippen molar-refractivity contribution in [1.82, 2.24) is 15.1 Å². The van der Waals surface area contributed by atoms with Crippen LogP contribution in [0.15, 0.2) is 6.20 Å². The van der Waals surface area contributed by atoms with Gasteiger partial charge in [-0.05, 0) is 25.3 Å². The first kappa shape index (κ1) is 18.4. The van der Waals surface area contributed by atoms with E-state index < -0.39 is 0 Å². The number of hydrogen-bond acceptors (Lipinski definition) is 4. The van der Waals surface area contributed by atoms with Crippen molar-refractivity contribution >= 4 is 11.6 Å². The Morgan fingerprint density at radius 3 is 2.76 bits per heavy atom. The third kappa shape index (κ3) is 5.94. The molecule has 0 saturated carbocycles. The van der Waals surface area contributed by atoms with Crippen LogP contribution in [0.1, 0.15) is 38.4 Å². The van der Waals surface area contributed by atoms with Crippen LogP contribution in [-0.4, -0.2) is 43.8 Å². The lowest BCUT2D eigenvalue weighted by Gasteiger charge is -2.23. The van der Waals surface area contributed by atoms with Gasteiger partial charge in [-0.25, -0.2) is 0 Å². The van der Waals surface area contributed by atoms with E-state index in [0.29, 0.717) is 24.1 Å². The van der Waals surface area contributed by atoms with Crippen molar-refractivity contribution in [3.63, 3.8) is 0 Å². The Hall–Kier alpha value is -0.620. The Labute approximate surface area is 132 Å². The van der Waals surface area contributed by atoms with Crippen molar-refractivity contribution in [2.75, 3.05) is 34.0 Å². The monoisotopic (exact) mass is 317 g/mol. The maximum absolute atomic E-state index is 6.36. The number of nitrogens with zero attached hydrogens (tertiary/aromatic N) is 2. The van der Waals surface area contributed by atoms with Crippen LogP contribution < -0.4 is 5.32 Å². The van der Waals surface area contributed by atoms with Gasteiger partial charge < -0.3 is 14.8 Å². The summed E-state index contributed by atoms with van der Waals surface area (Å²) >= 11 is 6.36. The smallest absolute Gasteiger partial charge is 0.0834 e. The van der Waals surface area contributed by atoms with E-state index in [1.807, 2.05) is 4.68 Å². The summed E-state index contributed by atoms with van der Waals surface area (Å²) in [6.07, 6.45) is 3.76. The summed E-state index contributed by atoms with van der Waals surface area (Å²) in [5.41, 5.74) is 1.05. The van der Waals surface area contributed by atoms with Gasteiger partial charge in [0.05, 0.1) is 36.1 Å². The summed E-state index contributed by atoms with van der Waals surface area (Å²) < 4.78 is 12.3. The van der Waals surface area contributed by atoms with Crippen molar-refractivity contribution in [3.05, 3.63) is 16.9 Å². The molecule has 21 heavy (non-hydrogen) atoms. The van der Waals surface area contributed by atoms with Gasteiger partial charge in [-0.15, -0.1) is 0 Å². The lowest BCUT2D eigenvalue weighted by atomic mass is 9.99. The normalized spacial score (nSPS) is 14.3. The summed E-state index contributed by atoms with van der Waals surface area (Å²) in [5, 5.41) is 8.66. The molecular formula is C15H28ClN3O2. The van der Waals surface area contributed by atoms with Gasteiger partial charge in [0.15, 0.2) is 0 Å². The van der Waals surface area contributed by atoms with E-state index in [2.05, 4.69) is 24.3 Å². The molecule has 0 aliphatic carbocycles. The SMILES string of the molecule is CCCNC(CC(C)COC)c1c(Cl)cnn1CCOC. The Morgan fingerprint density at radius 1 is 1.38 bits per heavy atom. The first-order valence-electron chi connectivity index (χ1n) is 7.56. The maximum Gasteiger partial charge on any atom is 0.0834 e. The fourth-order valence-electron chi connectivity index (χ4n) is 2.44. The first-order valence-corrected chi connectivity index (χ1v) is 7.94. The highest BCUT2D eigenvalue weighted by Gasteiger charge is 2.22. The zero-order chi connectivity index (χ0) is 15.7. The van der Waals surface area contributed by atoms with E-state index in [1.54, 1.807) is 20.4 Å². The number of ether oxygens (including phenoxy) is 2. The highest BCUT2D eigenvalue weighted by molar-refractivity contribution is 6.31. The molecule has 0 radical (unpaired) electrons. The average molecular weight is 318 g/mol. The topological polar surface area (TPSA) is 48.3 Å². The number of aromatic nitrogens is 2. The van der Waals surface area contributed by atoms with E-state index in [0.717, 1.165) is 31.7 Å². The molecule has 122 valence electrons. The van der Waals surface area contributed by atoms with Crippen LogP contribution in [0.2, 0.25) is 5.02 Å². The highest BCUT2D eigenvalue weighted by atomic mass is 35.5. The minimum Gasteiger partial charge on any atom is -0.384 e. The molecule has 1 heterocycles. The molecule has 2 atom stereocenters. The van der Waals surface area contributed by atoms with Crippen molar-refractivity contribution < 1.29 is 9.47 Å². The van der Waals surface area contributed by atoms with Crippen LogP contribution in [0.3, 0.4) is 0 Å². The molecule has 0 aliphatic rings. The van der Waals surface area contributed by atoms with Crippen LogP contribution in [0.25, 0.3) is 0 Å². The molecule has 0 aliphatic heterocycles. The van der Waals surface area contributed by atoms with Gasteiger partial charge >= 0.3 is 0 Å². The predicted octanol–water partition coefficient (Wildman–Crippen LogP) is 2.90. The summed E-state index contributed by atoms with van der Waals surface area (Å²) in [4.78, 5) is 0. The second-order valence-electron chi connectivity index (χ2n) is 5.40. The summed E-state index contributed by atoms with van der Waals surface area (Å²) in [7, 11) is 3.43. The minimum atomic E-state index is 0.182. The van der Waals surface area contributed by atoms with Crippen molar-refractivity contribution in [2.45, 2.75) is 39.3 Å². The third-order valence-electron chi connectivity index (χ3n) is 3.40. The zero-order valence-corrected chi connectivity index (χ0v) is 14.3. The van der Waals surface area contributed by atoms with E-state index >= 15 is 0 Å². The number of rotatable bonds is 11. The summed E-state index contributed by atoms with van der Waals surface area (Å²) in [6, 6.07) is 0.182. The van der Waals surface area contributed by atoms with Gasteiger partial charge in [-0.2, -0.15) is 5.10 Å². The summed E-state index contributed by atoms with van der Waals surface area (Å²) in [5.74, 6) is 0.450. The Morgan fingerprint density at radius 2 is 2.14 bits per heavy atom. The maximum atomic E-state index is 6.36. The first-order chi connectivity index (χ1) is 10.1. The van der Waals surface area contributed by atoms with E-state index in [9.17, 15) is 0 Å².